The summed E-state index contributed by atoms with van der Waals surface area (Å²) >= 11 is 11.8. The minimum Gasteiger partial charge on any atom is -0.346 e. The first-order valence-corrected chi connectivity index (χ1v) is 5.62. The van der Waals surface area contributed by atoms with Crippen molar-refractivity contribution in [1.29, 1.82) is 0 Å². The van der Waals surface area contributed by atoms with E-state index in [9.17, 15) is 10.1 Å². The van der Waals surface area contributed by atoms with Crippen LogP contribution in [0.15, 0.2) is 24.5 Å². The predicted molar refractivity (Wildman–Crippen MR) is 69.6 cm³/mol. The molecule has 1 aromatic carbocycles. The molecular formula is C10H8Cl2N4O2. The molecule has 94 valence electrons. The van der Waals surface area contributed by atoms with Crippen LogP contribution in [0.25, 0.3) is 0 Å². The second-order valence-corrected chi connectivity index (χ2v) is 4.33. The van der Waals surface area contributed by atoms with Gasteiger partial charge in [0.25, 0.3) is 5.69 Å². The van der Waals surface area contributed by atoms with Gasteiger partial charge in [-0.1, -0.05) is 23.2 Å². The Kier molecular flexibility index (Phi) is 3.40. The summed E-state index contributed by atoms with van der Waals surface area (Å²) in [6.07, 6.45) is 3.20. The van der Waals surface area contributed by atoms with E-state index >= 15 is 0 Å². The molecule has 0 aliphatic rings. The molecule has 1 heterocycles. The van der Waals surface area contributed by atoms with Crippen LogP contribution in [0.3, 0.4) is 0 Å². The molecule has 6 nitrogen and oxygen atoms in total. The number of hydrogen-bond acceptors (Lipinski definition) is 4. The third kappa shape index (κ3) is 2.39. The molecule has 0 fully saturated rings. The number of nitro groups is 1. The number of aromatic nitrogens is 2. The molecule has 0 aliphatic heterocycles. The fourth-order valence-electron chi connectivity index (χ4n) is 1.44. The highest BCUT2D eigenvalue weighted by molar-refractivity contribution is 6.44. The lowest BCUT2D eigenvalue weighted by molar-refractivity contribution is -0.383. The summed E-state index contributed by atoms with van der Waals surface area (Å²) in [5.74, 6) is 0. The zero-order valence-electron chi connectivity index (χ0n) is 9.22. The van der Waals surface area contributed by atoms with Crippen molar-refractivity contribution in [2.24, 2.45) is 7.05 Å². The highest BCUT2D eigenvalue weighted by Crippen LogP contribution is 2.39. The van der Waals surface area contributed by atoms with Gasteiger partial charge in [0.15, 0.2) is 0 Å². The van der Waals surface area contributed by atoms with Crippen LogP contribution < -0.4 is 5.32 Å². The van der Waals surface area contributed by atoms with E-state index in [2.05, 4.69) is 10.4 Å². The molecule has 0 atom stereocenters. The first-order chi connectivity index (χ1) is 8.49. The van der Waals surface area contributed by atoms with Crippen molar-refractivity contribution < 1.29 is 4.92 Å². The molecule has 0 amide bonds. The average molecular weight is 287 g/mol. The largest absolute Gasteiger partial charge is 0.346 e. The number of nitrogens with zero attached hydrogens (tertiary/aromatic N) is 3. The molecule has 0 saturated heterocycles. The number of hydrogen-bond donors (Lipinski definition) is 1. The summed E-state index contributed by atoms with van der Waals surface area (Å²) in [6, 6.07) is 2.68. The van der Waals surface area contributed by atoms with Gasteiger partial charge in [0.05, 0.1) is 26.9 Å². The Hall–Kier alpha value is -1.79. The van der Waals surface area contributed by atoms with Crippen molar-refractivity contribution in [3.63, 3.8) is 0 Å². The minimum atomic E-state index is -0.527. The van der Waals surface area contributed by atoms with Crippen LogP contribution in [-0.2, 0) is 7.05 Å². The molecule has 0 bridgehead atoms. The van der Waals surface area contributed by atoms with Crippen LogP contribution in [-0.4, -0.2) is 14.7 Å². The molecule has 8 heteroatoms. The van der Waals surface area contributed by atoms with Crippen LogP contribution in [0.1, 0.15) is 0 Å². The smallest absolute Gasteiger partial charge is 0.294 e. The van der Waals surface area contributed by atoms with Crippen molar-refractivity contribution in [1.82, 2.24) is 9.78 Å². The molecule has 1 aromatic heterocycles. The van der Waals surface area contributed by atoms with Crippen LogP contribution in [0.4, 0.5) is 17.1 Å². The quantitative estimate of drug-likeness (QED) is 0.693. The van der Waals surface area contributed by atoms with Crippen molar-refractivity contribution >= 4 is 40.3 Å². The molecule has 0 radical (unpaired) electrons. The Balaban J connectivity index is 2.47. The number of nitro benzene ring substituents is 1. The molecule has 18 heavy (non-hydrogen) atoms. The molecule has 0 aliphatic carbocycles. The van der Waals surface area contributed by atoms with E-state index in [0.717, 1.165) is 0 Å². The van der Waals surface area contributed by atoms with Gasteiger partial charge in [-0.3, -0.25) is 14.8 Å². The predicted octanol–water partition coefficient (Wildman–Crippen LogP) is 3.38. The average Bonchev–Trinajstić information content (AvgIpc) is 2.70. The monoisotopic (exact) mass is 286 g/mol. The van der Waals surface area contributed by atoms with E-state index in [1.165, 1.54) is 18.3 Å². The van der Waals surface area contributed by atoms with E-state index in [4.69, 9.17) is 23.2 Å². The highest BCUT2D eigenvalue weighted by atomic mass is 35.5. The summed E-state index contributed by atoms with van der Waals surface area (Å²) < 4.78 is 1.56. The fraction of sp³-hybridized carbons (Fsp3) is 0.100. The second kappa shape index (κ2) is 4.83. The zero-order valence-corrected chi connectivity index (χ0v) is 10.7. The first-order valence-electron chi connectivity index (χ1n) is 4.87. The van der Waals surface area contributed by atoms with Crippen molar-refractivity contribution in [2.75, 3.05) is 5.32 Å². The maximum Gasteiger partial charge on any atom is 0.294 e. The lowest BCUT2D eigenvalue weighted by Crippen LogP contribution is -1.97. The normalized spacial score (nSPS) is 10.4. The standard InChI is InChI=1S/C10H8Cl2N4O2/c1-15-5-6(4-13-15)14-10-8(16(17)18)3-2-7(11)9(10)12/h2-5,14H,1H3. The Morgan fingerprint density at radius 1 is 1.44 bits per heavy atom. The minimum absolute atomic E-state index is 0.106. The number of benzene rings is 1. The van der Waals surface area contributed by atoms with Gasteiger partial charge in [-0.15, -0.1) is 0 Å². The summed E-state index contributed by atoms with van der Waals surface area (Å²) in [5.41, 5.74) is 0.597. The van der Waals surface area contributed by atoms with Gasteiger partial charge >= 0.3 is 0 Å². The van der Waals surface area contributed by atoms with Gasteiger partial charge in [-0.05, 0) is 6.07 Å². The Labute approximate surface area is 112 Å². The van der Waals surface area contributed by atoms with Crippen molar-refractivity contribution in [3.8, 4) is 0 Å². The number of halogens is 2. The third-order valence-corrected chi connectivity index (χ3v) is 3.05. The van der Waals surface area contributed by atoms with Crippen LogP contribution in [0.5, 0.6) is 0 Å². The molecule has 1 N–H and O–H groups in total. The van der Waals surface area contributed by atoms with Gasteiger partial charge in [-0.2, -0.15) is 5.10 Å². The summed E-state index contributed by atoms with van der Waals surface area (Å²) in [6.45, 7) is 0. The van der Waals surface area contributed by atoms with Gasteiger partial charge in [0.2, 0.25) is 0 Å². The summed E-state index contributed by atoms with van der Waals surface area (Å²) in [7, 11) is 1.74. The fourth-order valence-corrected chi connectivity index (χ4v) is 1.81. The lowest BCUT2D eigenvalue weighted by atomic mass is 10.2. The van der Waals surface area contributed by atoms with E-state index in [-0.39, 0.29) is 21.4 Å². The van der Waals surface area contributed by atoms with Gasteiger partial charge < -0.3 is 5.32 Å². The Bertz CT molecular complexity index is 612. The molecule has 2 aromatic rings. The topological polar surface area (TPSA) is 73.0 Å². The van der Waals surface area contributed by atoms with Crippen molar-refractivity contribution in [2.45, 2.75) is 0 Å². The van der Waals surface area contributed by atoms with Crippen LogP contribution >= 0.6 is 23.2 Å². The summed E-state index contributed by atoms with van der Waals surface area (Å²) in [4.78, 5) is 10.4. The van der Waals surface area contributed by atoms with Gasteiger partial charge in [0.1, 0.15) is 5.69 Å². The molecule has 2 rings (SSSR count). The van der Waals surface area contributed by atoms with Gasteiger partial charge in [0, 0.05) is 19.3 Å². The maximum absolute atomic E-state index is 10.9. The van der Waals surface area contributed by atoms with Crippen molar-refractivity contribution in [3.05, 3.63) is 44.7 Å². The zero-order chi connectivity index (χ0) is 13.3. The second-order valence-electron chi connectivity index (χ2n) is 3.54. The maximum atomic E-state index is 10.9. The van der Waals surface area contributed by atoms with Crippen LogP contribution in [0.2, 0.25) is 10.0 Å². The number of anilines is 2. The highest BCUT2D eigenvalue weighted by Gasteiger charge is 2.19. The SMILES string of the molecule is Cn1cc(Nc2c([N+](=O)[O-])ccc(Cl)c2Cl)cn1. The molecule has 0 unspecified atom stereocenters. The number of rotatable bonds is 3. The molecule has 0 spiro atoms. The number of aryl methyl sites for hydroxylation is 1. The van der Waals surface area contributed by atoms with E-state index in [1.54, 1.807) is 17.9 Å². The number of nitrogens with one attached hydrogen (secondary N) is 1. The molecular weight excluding hydrogens is 279 g/mol. The van der Waals surface area contributed by atoms with E-state index < -0.39 is 4.92 Å². The Morgan fingerprint density at radius 3 is 2.72 bits per heavy atom. The van der Waals surface area contributed by atoms with E-state index in [0.29, 0.717) is 5.69 Å². The first kappa shape index (κ1) is 12.7. The van der Waals surface area contributed by atoms with Gasteiger partial charge in [-0.25, -0.2) is 0 Å². The summed E-state index contributed by atoms with van der Waals surface area (Å²) in [5, 5.41) is 18.1. The third-order valence-electron chi connectivity index (χ3n) is 2.24. The lowest BCUT2D eigenvalue weighted by Gasteiger charge is -2.07. The molecule has 0 saturated carbocycles. The Morgan fingerprint density at radius 2 is 2.17 bits per heavy atom. The van der Waals surface area contributed by atoms with E-state index in [1.807, 2.05) is 0 Å². The van der Waals surface area contributed by atoms with Crippen LogP contribution in [0, 0.1) is 10.1 Å².